The number of benzene rings is 1. The van der Waals surface area contributed by atoms with Gasteiger partial charge in [-0.15, -0.1) is 0 Å². The van der Waals surface area contributed by atoms with E-state index >= 15 is 0 Å². The van der Waals surface area contributed by atoms with Crippen LogP contribution in [0.2, 0.25) is 0 Å². The van der Waals surface area contributed by atoms with Gasteiger partial charge in [-0.25, -0.2) is 8.42 Å². The standard InChI is InChI=1S/C14H21BrN2O3S/c1-9(2)17(8-10-4-5-10)21(18,19)14-7-12(16)11(15)6-13(14)20-3/h6-7,9-10H,4-5,8,16H2,1-3H3. The summed E-state index contributed by atoms with van der Waals surface area (Å²) < 4.78 is 33.3. The Morgan fingerprint density at radius 1 is 1.43 bits per heavy atom. The van der Waals surface area contributed by atoms with Gasteiger partial charge in [-0.1, -0.05) is 0 Å². The number of ether oxygens (including phenoxy) is 1. The Morgan fingerprint density at radius 2 is 2.05 bits per heavy atom. The van der Waals surface area contributed by atoms with Crippen molar-refractivity contribution in [3.05, 3.63) is 16.6 Å². The van der Waals surface area contributed by atoms with Gasteiger partial charge in [0.15, 0.2) is 0 Å². The second kappa shape index (κ2) is 6.14. The average molecular weight is 377 g/mol. The van der Waals surface area contributed by atoms with Crippen molar-refractivity contribution < 1.29 is 13.2 Å². The van der Waals surface area contributed by atoms with Crippen LogP contribution in [0.15, 0.2) is 21.5 Å². The Hall–Kier alpha value is -0.790. The third-order valence-corrected chi connectivity index (χ3v) is 6.33. The molecule has 118 valence electrons. The number of hydrogen-bond donors (Lipinski definition) is 1. The van der Waals surface area contributed by atoms with E-state index in [1.807, 2.05) is 13.8 Å². The van der Waals surface area contributed by atoms with Gasteiger partial charge >= 0.3 is 0 Å². The number of halogens is 1. The minimum atomic E-state index is -3.63. The van der Waals surface area contributed by atoms with E-state index in [1.165, 1.54) is 17.5 Å². The summed E-state index contributed by atoms with van der Waals surface area (Å²) in [4.78, 5) is 0.125. The van der Waals surface area contributed by atoms with E-state index in [0.29, 0.717) is 28.4 Å². The van der Waals surface area contributed by atoms with Crippen molar-refractivity contribution in [2.24, 2.45) is 5.92 Å². The fourth-order valence-corrected chi connectivity index (χ4v) is 4.39. The number of rotatable bonds is 6. The number of nitrogens with two attached hydrogens (primary N) is 1. The van der Waals surface area contributed by atoms with E-state index in [2.05, 4.69) is 15.9 Å². The summed E-state index contributed by atoms with van der Waals surface area (Å²) in [6.45, 7) is 4.32. The average Bonchev–Trinajstić information content (AvgIpc) is 3.21. The predicted octanol–water partition coefficient (Wildman–Crippen LogP) is 2.85. The molecule has 0 heterocycles. The largest absolute Gasteiger partial charge is 0.495 e. The molecule has 0 unspecified atom stereocenters. The highest BCUT2D eigenvalue weighted by Crippen LogP contribution is 2.37. The van der Waals surface area contributed by atoms with E-state index in [1.54, 1.807) is 6.07 Å². The van der Waals surface area contributed by atoms with Crippen LogP contribution in [0.1, 0.15) is 26.7 Å². The molecule has 7 heteroatoms. The van der Waals surface area contributed by atoms with Crippen molar-refractivity contribution in [1.29, 1.82) is 0 Å². The van der Waals surface area contributed by atoms with Crippen LogP contribution in [0.4, 0.5) is 5.69 Å². The topological polar surface area (TPSA) is 72.6 Å². The molecule has 0 radical (unpaired) electrons. The van der Waals surface area contributed by atoms with E-state index < -0.39 is 10.0 Å². The van der Waals surface area contributed by atoms with Crippen molar-refractivity contribution in [2.45, 2.75) is 37.6 Å². The molecule has 0 saturated heterocycles. The Bertz CT molecular complexity index is 627. The Balaban J connectivity index is 2.48. The predicted molar refractivity (Wildman–Crippen MR) is 86.9 cm³/mol. The highest BCUT2D eigenvalue weighted by atomic mass is 79.9. The molecule has 21 heavy (non-hydrogen) atoms. The van der Waals surface area contributed by atoms with Crippen LogP contribution in [0.5, 0.6) is 5.75 Å². The zero-order valence-corrected chi connectivity index (χ0v) is 14.9. The SMILES string of the molecule is COc1cc(Br)c(N)cc1S(=O)(=O)N(CC1CC1)C(C)C. The number of nitrogen functional groups attached to an aromatic ring is 1. The highest BCUT2D eigenvalue weighted by molar-refractivity contribution is 9.10. The lowest BCUT2D eigenvalue weighted by molar-refractivity contribution is 0.338. The van der Waals surface area contributed by atoms with Gasteiger partial charge in [-0.3, -0.25) is 0 Å². The Kier molecular flexibility index (Phi) is 4.85. The first-order chi connectivity index (χ1) is 9.77. The van der Waals surface area contributed by atoms with Crippen LogP contribution >= 0.6 is 15.9 Å². The smallest absolute Gasteiger partial charge is 0.247 e. The van der Waals surface area contributed by atoms with Gasteiger partial charge in [-0.05, 0) is 60.7 Å². The first-order valence-electron chi connectivity index (χ1n) is 6.92. The first-order valence-corrected chi connectivity index (χ1v) is 9.15. The molecule has 0 spiro atoms. The van der Waals surface area contributed by atoms with Gasteiger partial charge in [-0.2, -0.15) is 4.31 Å². The van der Waals surface area contributed by atoms with Gasteiger partial charge in [0.2, 0.25) is 10.0 Å². The summed E-state index contributed by atoms with van der Waals surface area (Å²) in [5.74, 6) is 0.776. The summed E-state index contributed by atoms with van der Waals surface area (Å²) in [5, 5.41) is 0. The summed E-state index contributed by atoms with van der Waals surface area (Å²) >= 11 is 3.29. The third-order valence-electron chi connectivity index (χ3n) is 3.58. The van der Waals surface area contributed by atoms with Crippen LogP contribution in [0.25, 0.3) is 0 Å². The molecule has 1 aromatic carbocycles. The Morgan fingerprint density at radius 3 is 2.52 bits per heavy atom. The molecule has 0 bridgehead atoms. The summed E-state index contributed by atoms with van der Waals surface area (Å²) in [6, 6.07) is 2.95. The maximum absolute atomic E-state index is 13.0. The zero-order valence-electron chi connectivity index (χ0n) is 12.5. The number of hydrogen-bond acceptors (Lipinski definition) is 4. The molecule has 0 amide bonds. The van der Waals surface area contributed by atoms with E-state index in [-0.39, 0.29) is 10.9 Å². The van der Waals surface area contributed by atoms with Crippen LogP contribution in [-0.2, 0) is 10.0 Å². The van der Waals surface area contributed by atoms with Crippen LogP contribution in [-0.4, -0.2) is 32.4 Å². The van der Waals surface area contributed by atoms with Crippen molar-refractivity contribution in [1.82, 2.24) is 4.31 Å². The molecule has 1 saturated carbocycles. The lowest BCUT2D eigenvalue weighted by atomic mass is 10.3. The molecule has 5 nitrogen and oxygen atoms in total. The minimum Gasteiger partial charge on any atom is -0.495 e. The third kappa shape index (κ3) is 3.52. The highest BCUT2D eigenvalue weighted by Gasteiger charge is 2.35. The molecule has 1 aliphatic carbocycles. The van der Waals surface area contributed by atoms with Gasteiger partial charge in [0.1, 0.15) is 10.6 Å². The number of anilines is 1. The molecule has 0 aliphatic heterocycles. The molecule has 1 aliphatic rings. The molecule has 2 N–H and O–H groups in total. The quantitative estimate of drug-likeness (QED) is 0.774. The van der Waals surface area contributed by atoms with Crippen molar-refractivity contribution in [2.75, 3.05) is 19.4 Å². The first kappa shape index (κ1) is 16.6. The lowest BCUT2D eigenvalue weighted by Gasteiger charge is -2.27. The fraction of sp³-hybridized carbons (Fsp3) is 0.571. The van der Waals surface area contributed by atoms with Crippen LogP contribution < -0.4 is 10.5 Å². The molecule has 1 aromatic rings. The fourth-order valence-electron chi connectivity index (χ4n) is 2.18. The van der Waals surface area contributed by atoms with E-state index in [0.717, 1.165) is 12.8 Å². The molecular formula is C14H21BrN2O3S. The number of methoxy groups -OCH3 is 1. The second-order valence-electron chi connectivity index (χ2n) is 5.64. The van der Waals surface area contributed by atoms with Crippen LogP contribution in [0, 0.1) is 5.92 Å². The maximum atomic E-state index is 13.0. The van der Waals surface area contributed by atoms with E-state index in [4.69, 9.17) is 10.5 Å². The lowest BCUT2D eigenvalue weighted by Crippen LogP contribution is -2.38. The van der Waals surface area contributed by atoms with Gasteiger partial charge in [0.05, 0.1) is 7.11 Å². The zero-order chi connectivity index (χ0) is 15.8. The van der Waals surface area contributed by atoms with Gasteiger partial charge < -0.3 is 10.5 Å². The van der Waals surface area contributed by atoms with Crippen molar-refractivity contribution >= 4 is 31.6 Å². The molecule has 0 aromatic heterocycles. The van der Waals surface area contributed by atoms with Crippen molar-refractivity contribution in [3.63, 3.8) is 0 Å². The Labute approximate surface area is 134 Å². The van der Waals surface area contributed by atoms with Crippen molar-refractivity contribution in [3.8, 4) is 5.75 Å². The van der Waals surface area contributed by atoms with Gasteiger partial charge in [0.25, 0.3) is 0 Å². The second-order valence-corrected chi connectivity index (χ2v) is 8.35. The molecule has 2 rings (SSSR count). The van der Waals surface area contributed by atoms with E-state index in [9.17, 15) is 8.42 Å². The summed E-state index contributed by atoms with van der Waals surface area (Å²) in [6.07, 6.45) is 2.19. The number of sulfonamides is 1. The number of nitrogens with zero attached hydrogens (tertiary/aromatic N) is 1. The van der Waals surface area contributed by atoms with Crippen LogP contribution in [0.3, 0.4) is 0 Å². The van der Waals surface area contributed by atoms with Gasteiger partial charge in [0, 0.05) is 22.7 Å². The molecule has 1 fully saturated rings. The summed E-state index contributed by atoms with van der Waals surface area (Å²) in [5.41, 5.74) is 6.22. The normalized spacial score (nSPS) is 15.7. The maximum Gasteiger partial charge on any atom is 0.247 e. The summed E-state index contributed by atoms with van der Waals surface area (Å²) in [7, 11) is -2.17. The molecule has 0 atom stereocenters. The monoisotopic (exact) mass is 376 g/mol. The minimum absolute atomic E-state index is 0.106. The molecular weight excluding hydrogens is 356 g/mol.